The molecule has 11 heavy (non-hydrogen) atoms. The second-order valence-corrected chi connectivity index (χ2v) is 3.94. The van der Waals surface area contributed by atoms with Crippen LogP contribution in [0.2, 0.25) is 0 Å². The molecule has 0 amide bonds. The first-order valence-electron chi connectivity index (χ1n) is 4.39. The van der Waals surface area contributed by atoms with E-state index >= 15 is 0 Å². The molecule has 0 unspecified atom stereocenters. The second-order valence-electron chi connectivity index (χ2n) is 2.82. The second kappa shape index (κ2) is 8.00. The summed E-state index contributed by atoms with van der Waals surface area (Å²) < 4.78 is 20.3. The first-order chi connectivity index (χ1) is 5.27. The maximum atomic E-state index is 10.1. The molecule has 3 heteroatoms. The average Bonchev–Trinajstić information content (AvgIpc) is 1.96. The summed E-state index contributed by atoms with van der Waals surface area (Å²) in [6, 6.07) is 0. The zero-order valence-corrected chi connectivity index (χ0v) is 8.11. The standard InChI is InChI=1S/C8H17O2P/c1-2-3-4-5-6-7-8-11(9)10/h2-8H2,1H3. The van der Waals surface area contributed by atoms with E-state index < -0.39 is 7.68 Å². The van der Waals surface area contributed by atoms with Crippen LogP contribution in [0.3, 0.4) is 0 Å². The lowest BCUT2D eigenvalue weighted by Crippen LogP contribution is -1.79. The minimum absolute atomic E-state index is 0.376. The van der Waals surface area contributed by atoms with Gasteiger partial charge in [-0.25, -0.2) is 9.13 Å². The third-order valence-corrected chi connectivity index (χ3v) is 2.38. The summed E-state index contributed by atoms with van der Waals surface area (Å²) in [5, 5.41) is 0. The van der Waals surface area contributed by atoms with Crippen molar-refractivity contribution in [2.75, 3.05) is 6.16 Å². The molecule has 0 saturated carbocycles. The van der Waals surface area contributed by atoms with Crippen LogP contribution in [0.1, 0.15) is 45.4 Å². The maximum absolute atomic E-state index is 10.1. The Kier molecular flexibility index (Phi) is 7.93. The van der Waals surface area contributed by atoms with Crippen molar-refractivity contribution < 1.29 is 9.13 Å². The number of unbranched alkanes of at least 4 members (excludes halogenated alkanes) is 5. The van der Waals surface area contributed by atoms with Gasteiger partial charge in [0.1, 0.15) is 0 Å². The first-order valence-corrected chi connectivity index (χ1v) is 5.75. The highest BCUT2D eigenvalue weighted by Crippen LogP contribution is 2.10. The van der Waals surface area contributed by atoms with Crippen LogP contribution in [0.25, 0.3) is 0 Å². The summed E-state index contributed by atoms with van der Waals surface area (Å²) in [4.78, 5) is 0. The van der Waals surface area contributed by atoms with Crippen molar-refractivity contribution in [3.63, 3.8) is 0 Å². The Morgan fingerprint density at radius 1 is 0.909 bits per heavy atom. The third kappa shape index (κ3) is 9.90. The van der Waals surface area contributed by atoms with Gasteiger partial charge < -0.3 is 0 Å². The molecule has 0 aromatic heterocycles. The summed E-state index contributed by atoms with van der Waals surface area (Å²) >= 11 is 0. The summed E-state index contributed by atoms with van der Waals surface area (Å²) in [5.74, 6) is 0. The average molecular weight is 176 g/mol. The molecule has 0 bridgehead atoms. The maximum Gasteiger partial charge on any atom is 0.315 e. The van der Waals surface area contributed by atoms with Crippen LogP contribution in [-0.4, -0.2) is 6.16 Å². The minimum atomic E-state index is -2.12. The van der Waals surface area contributed by atoms with Crippen LogP contribution in [-0.2, 0) is 9.13 Å². The van der Waals surface area contributed by atoms with Gasteiger partial charge in [0.15, 0.2) is 0 Å². The van der Waals surface area contributed by atoms with Crippen LogP contribution >= 0.6 is 7.68 Å². The first kappa shape index (κ1) is 10.9. The molecule has 66 valence electrons. The molecule has 0 N–H and O–H groups in total. The molecule has 0 rings (SSSR count). The van der Waals surface area contributed by atoms with Gasteiger partial charge in [-0.3, -0.25) is 0 Å². The molecule has 0 aliphatic carbocycles. The molecule has 0 aromatic rings. The Bertz CT molecular complexity index is 133. The lowest BCUT2D eigenvalue weighted by Gasteiger charge is -1.95. The van der Waals surface area contributed by atoms with Gasteiger partial charge in [-0.15, -0.1) is 0 Å². The molecule has 0 aromatic carbocycles. The zero-order chi connectivity index (χ0) is 8.53. The molecule has 0 radical (unpaired) electrons. The van der Waals surface area contributed by atoms with E-state index in [4.69, 9.17) is 0 Å². The number of hydrogen-bond donors (Lipinski definition) is 0. The monoisotopic (exact) mass is 176 g/mol. The van der Waals surface area contributed by atoms with E-state index in [1.54, 1.807) is 0 Å². The minimum Gasteiger partial charge on any atom is -0.237 e. The van der Waals surface area contributed by atoms with Crippen molar-refractivity contribution >= 4 is 7.68 Å². The van der Waals surface area contributed by atoms with E-state index in [0.717, 1.165) is 12.8 Å². The van der Waals surface area contributed by atoms with Crippen molar-refractivity contribution in [3.05, 3.63) is 0 Å². The van der Waals surface area contributed by atoms with Gasteiger partial charge in [0.05, 0.1) is 6.16 Å². The lowest BCUT2D eigenvalue weighted by atomic mass is 10.1. The van der Waals surface area contributed by atoms with Crippen LogP contribution in [0.5, 0.6) is 0 Å². The molecule has 0 aliphatic heterocycles. The van der Waals surface area contributed by atoms with Crippen molar-refractivity contribution in [1.82, 2.24) is 0 Å². The van der Waals surface area contributed by atoms with E-state index in [1.165, 1.54) is 25.7 Å². The van der Waals surface area contributed by atoms with Crippen LogP contribution in [0, 0.1) is 0 Å². The van der Waals surface area contributed by atoms with E-state index in [2.05, 4.69) is 6.92 Å². The zero-order valence-electron chi connectivity index (χ0n) is 7.21. The highest BCUT2D eigenvalue weighted by molar-refractivity contribution is 7.30. The predicted octanol–water partition coefficient (Wildman–Crippen LogP) is 3.52. The molecule has 0 spiro atoms. The normalized spacial score (nSPS) is 9.91. The molecular weight excluding hydrogens is 159 g/mol. The highest BCUT2D eigenvalue weighted by atomic mass is 31.1. The molecule has 0 saturated heterocycles. The quantitative estimate of drug-likeness (QED) is 0.439. The van der Waals surface area contributed by atoms with Crippen LogP contribution in [0.15, 0.2) is 0 Å². The third-order valence-electron chi connectivity index (χ3n) is 1.69. The van der Waals surface area contributed by atoms with Gasteiger partial charge >= 0.3 is 7.68 Å². The molecule has 0 heterocycles. The Morgan fingerprint density at radius 3 is 2.00 bits per heavy atom. The Balaban J connectivity index is 2.90. The van der Waals surface area contributed by atoms with Crippen molar-refractivity contribution in [1.29, 1.82) is 0 Å². The lowest BCUT2D eigenvalue weighted by molar-refractivity contribution is 0.511. The van der Waals surface area contributed by atoms with E-state index in [0.29, 0.717) is 6.16 Å². The van der Waals surface area contributed by atoms with Gasteiger partial charge in [0.2, 0.25) is 0 Å². The smallest absolute Gasteiger partial charge is 0.237 e. The Morgan fingerprint density at radius 2 is 1.45 bits per heavy atom. The van der Waals surface area contributed by atoms with Crippen molar-refractivity contribution in [2.45, 2.75) is 45.4 Å². The SMILES string of the molecule is CCCCCCCCP(=O)=O. The van der Waals surface area contributed by atoms with Gasteiger partial charge in [0.25, 0.3) is 0 Å². The topological polar surface area (TPSA) is 34.1 Å². The Labute approximate surface area is 69.2 Å². The Hall–Kier alpha value is -0.100. The van der Waals surface area contributed by atoms with E-state index in [-0.39, 0.29) is 0 Å². The van der Waals surface area contributed by atoms with Gasteiger partial charge in [-0.05, 0) is 6.42 Å². The molecule has 0 fully saturated rings. The molecule has 2 nitrogen and oxygen atoms in total. The molecule has 0 atom stereocenters. The predicted molar refractivity (Wildman–Crippen MR) is 46.5 cm³/mol. The molecule has 0 aliphatic rings. The fraction of sp³-hybridized carbons (Fsp3) is 1.00. The van der Waals surface area contributed by atoms with Crippen molar-refractivity contribution in [3.8, 4) is 0 Å². The van der Waals surface area contributed by atoms with Gasteiger partial charge in [0, 0.05) is 0 Å². The van der Waals surface area contributed by atoms with Gasteiger partial charge in [-0.1, -0.05) is 39.0 Å². The summed E-state index contributed by atoms with van der Waals surface area (Å²) in [7, 11) is -2.12. The van der Waals surface area contributed by atoms with Gasteiger partial charge in [-0.2, -0.15) is 0 Å². The van der Waals surface area contributed by atoms with E-state index in [9.17, 15) is 9.13 Å². The largest absolute Gasteiger partial charge is 0.315 e. The molecular formula is C8H17O2P. The summed E-state index contributed by atoms with van der Waals surface area (Å²) in [5.41, 5.74) is 0. The van der Waals surface area contributed by atoms with E-state index in [1.807, 2.05) is 0 Å². The fourth-order valence-corrected chi connectivity index (χ4v) is 1.50. The highest BCUT2D eigenvalue weighted by Gasteiger charge is 1.92. The number of hydrogen-bond acceptors (Lipinski definition) is 2. The number of rotatable bonds is 7. The fourth-order valence-electron chi connectivity index (χ4n) is 1.02. The van der Waals surface area contributed by atoms with Crippen LogP contribution < -0.4 is 0 Å². The van der Waals surface area contributed by atoms with Crippen LogP contribution in [0.4, 0.5) is 0 Å². The van der Waals surface area contributed by atoms with Crippen molar-refractivity contribution in [2.24, 2.45) is 0 Å². The summed E-state index contributed by atoms with van der Waals surface area (Å²) in [6.45, 7) is 2.18. The summed E-state index contributed by atoms with van der Waals surface area (Å²) in [6.07, 6.45) is 7.27.